The molecule has 0 aliphatic carbocycles. The minimum Gasteiger partial charge on any atom is -0.494 e. The molecule has 1 amide bonds. The molecule has 7 nitrogen and oxygen atoms in total. The Labute approximate surface area is 183 Å². The van der Waals surface area contributed by atoms with E-state index in [1.807, 2.05) is 57.1 Å². The fourth-order valence-corrected chi connectivity index (χ4v) is 3.21. The lowest BCUT2D eigenvalue weighted by atomic mass is 10.1. The number of amides is 1. The predicted molar refractivity (Wildman–Crippen MR) is 121 cm³/mol. The quantitative estimate of drug-likeness (QED) is 0.488. The molecule has 1 heterocycles. The summed E-state index contributed by atoms with van der Waals surface area (Å²) >= 11 is 0. The van der Waals surface area contributed by atoms with Crippen molar-refractivity contribution in [3.05, 3.63) is 60.0 Å². The molecule has 164 valence electrons. The maximum atomic E-state index is 12.7. The number of hydrogen-bond acceptors (Lipinski definition) is 6. The smallest absolute Gasteiger partial charge is 0.227 e. The Kier molecular flexibility index (Phi) is 7.65. The van der Waals surface area contributed by atoms with Gasteiger partial charge >= 0.3 is 0 Å². The van der Waals surface area contributed by atoms with Gasteiger partial charge in [0.2, 0.25) is 17.6 Å². The standard InChI is InChI=1S/C24H30N4O3/c1-5-28(17-18-7-11-20(12-8-18)27(3)4)23(29)16-15-22-25-24(26-31-22)19-9-13-21(14-10-19)30-6-2/h7-14H,5-6,15-17H2,1-4H3. The van der Waals surface area contributed by atoms with E-state index in [1.165, 1.54) is 0 Å². The van der Waals surface area contributed by atoms with E-state index in [0.29, 0.717) is 44.3 Å². The summed E-state index contributed by atoms with van der Waals surface area (Å²) in [5.41, 5.74) is 3.09. The molecule has 0 spiro atoms. The summed E-state index contributed by atoms with van der Waals surface area (Å²) in [6.07, 6.45) is 0.744. The normalized spacial score (nSPS) is 10.7. The topological polar surface area (TPSA) is 71.7 Å². The predicted octanol–water partition coefficient (Wildman–Crippen LogP) is 4.18. The molecular formula is C24H30N4O3. The average Bonchev–Trinajstić information content (AvgIpc) is 3.26. The van der Waals surface area contributed by atoms with E-state index in [-0.39, 0.29) is 5.91 Å². The number of hydrogen-bond donors (Lipinski definition) is 0. The summed E-state index contributed by atoms with van der Waals surface area (Å²) in [4.78, 5) is 21.0. The van der Waals surface area contributed by atoms with Gasteiger partial charge in [0.05, 0.1) is 6.61 Å². The number of anilines is 1. The van der Waals surface area contributed by atoms with Crippen molar-refractivity contribution in [2.45, 2.75) is 33.2 Å². The van der Waals surface area contributed by atoms with Gasteiger partial charge in [-0.2, -0.15) is 4.98 Å². The number of carbonyl (C=O) groups is 1. The van der Waals surface area contributed by atoms with Gasteiger partial charge in [-0.25, -0.2) is 0 Å². The fourth-order valence-electron chi connectivity index (χ4n) is 3.21. The Hall–Kier alpha value is -3.35. The van der Waals surface area contributed by atoms with Crippen molar-refractivity contribution in [1.29, 1.82) is 0 Å². The molecule has 7 heteroatoms. The van der Waals surface area contributed by atoms with Crippen molar-refractivity contribution in [1.82, 2.24) is 15.0 Å². The van der Waals surface area contributed by atoms with Gasteiger partial charge in [0.15, 0.2) is 0 Å². The Balaban J connectivity index is 1.55. The van der Waals surface area contributed by atoms with Gasteiger partial charge in [-0.1, -0.05) is 17.3 Å². The van der Waals surface area contributed by atoms with E-state index < -0.39 is 0 Å². The minimum atomic E-state index is 0.0694. The lowest BCUT2D eigenvalue weighted by Crippen LogP contribution is -2.30. The minimum absolute atomic E-state index is 0.0694. The number of aromatic nitrogens is 2. The van der Waals surface area contributed by atoms with E-state index in [0.717, 1.165) is 22.6 Å². The van der Waals surface area contributed by atoms with Crippen LogP contribution in [-0.2, 0) is 17.8 Å². The van der Waals surface area contributed by atoms with Crippen LogP contribution >= 0.6 is 0 Å². The summed E-state index contributed by atoms with van der Waals surface area (Å²) in [5.74, 6) is 1.85. The van der Waals surface area contributed by atoms with Gasteiger partial charge in [0, 0.05) is 51.3 Å². The van der Waals surface area contributed by atoms with Crippen LogP contribution in [0.15, 0.2) is 53.1 Å². The maximum Gasteiger partial charge on any atom is 0.227 e. The summed E-state index contributed by atoms with van der Waals surface area (Å²) < 4.78 is 10.8. The highest BCUT2D eigenvalue weighted by atomic mass is 16.5. The molecule has 3 rings (SSSR count). The summed E-state index contributed by atoms with van der Waals surface area (Å²) in [5, 5.41) is 4.04. The summed E-state index contributed by atoms with van der Waals surface area (Å²) in [6, 6.07) is 15.8. The molecule has 0 N–H and O–H groups in total. The van der Waals surface area contributed by atoms with Crippen LogP contribution in [0.5, 0.6) is 5.75 Å². The van der Waals surface area contributed by atoms with Crippen molar-refractivity contribution in [2.24, 2.45) is 0 Å². The van der Waals surface area contributed by atoms with Crippen LogP contribution in [0.4, 0.5) is 5.69 Å². The zero-order valence-electron chi connectivity index (χ0n) is 18.7. The highest BCUT2D eigenvalue weighted by Gasteiger charge is 2.15. The zero-order valence-corrected chi connectivity index (χ0v) is 18.7. The van der Waals surface area contributed by atoms with Crippen molar-refractivity contribution in [2.75, 3.05) is 32.1 Å². The number of rotatable bonds is 10. The van der Waals surface area contributed by atoms with E-state index in [4.69, 9.17) is 9.26 Å². The first-order chi connectivity index (χ1) is 15.0. The zero-order chi connectivity index (χ0) is 22.2. The first kappa shape index (κ1) is 22.3. The molecule has 2 aromatic carbocycles. The molecule has 0 saturated carbocycles. The van der Waals surface area contributed by atoms with Crippen molar-refractivity contribution in [3.63, 3.8) is 0 Å². The number of ether oxygens (including phenoxy) is 1. The molecule has 0 saturated heterocycles. The van der Waals surface area contributed by atoms with Gasteiger partial charge in [0.25, 0.3) is 0 Å². The van der Waals surface area contributed by atoms with Crippen LogP contribution in [-0.4, -0.2) is 48.2 Å². The maximum absolute atomic E-state index is 12.7. The Bertz CT molecular complexity index is 965. The van der Waals surface area contributed by atoms with Crippen molar-refractivity contribution >= 4 is 11.6 Å². The van der Waals surface area contributed by atoms with Gasteiger partial charge in [0.1, 0.15) is 5.75 Å². The second-order valence-corrected chi connectivity index (χ2v) is 7.44. The van der Waals surface area contributed by atoms with E-state index in [9.17, 15) is 4.79 Å². The average molecular weight is 423 g/mol. The fraction of sp³-hybridized carbons (Fsp3) is 0.375. The van der Waals surface area contributed by atoms with Crippen LogP contribution in [0.2, 0.25) is 0 Å². The van der Waals surface area contributed by atoms with Crippen molar-refractivity contribution in [3.8, 4) is 17.1 Å². The number of nitrogens with zero attached hydrogens (tertiary/aromatic N) is 4. The van der Waals surface area contributed by atoms with Crippen LogP contribution in [0, 0.1) is 0 Å². The van der Waals surface area contributed by atoms with Gasteiger partial charge in [-0.05, 0) is 55.8 Å². The Morgan fingerprint density at radius 2 is 1.74 bits per heavy atom. The number of aryl methyl sites for hydroxylation is 1. The molecule has 3 aromatic rings. The lowest BCUT2D eigenvalue weighted by Gasteiger charge is -2.21. The molecule has 0 bridgehead atoms. The second kappa shape index (κ2) is 10.6. The molecular weight excluding hydrogens is 392 g/mol. The molecule has 1 aromatic heterocycles. The van der Waals surface area contributed by atoms with Gasteiger partial charge < -0.3 is 19.1 Å². The van der Waals surface area contributed by atoms with E-state index in [1.54, 1.807) is 0 Å². The third-order valence-electron chi connectivity index (χ3n) is 5.00. The lowest BCUT2D eigenvalue weighted by molar-refractivity contribution is -0.131. The largest absolute Gasteiger partial charge is 0.494 e. The van der Waals surface area contributed by atoms with Crippen molar-refractivity contribution < 1.29 is 14.1 Å². The molecule has 0 atom stereocenters. The summed E-state index contributed by atoms with van der Waals surface area (Å²) in [6.45, 7) is 5.79. The molecule has 0 aliphatic heterocycles. The van der Waals surface area contributed by atoms with Gasteiger partial charge in [-0.15, -0.1) is 0 Å². The Morgan fingerprint density at radius 1 is 1.03 bits per heavy atom. The Morgan fingerprint density at radius 3 is 2.35 bits per heavy atom. The molecule has 0 radical (unpaired) electrons. The molecule has 0 aliphatic rings. The number of carbonyl (C=O) groups excluding carboxylic acids is 1. The highest BCUT2D eigenvalue weighted by molar-refractivity contribution is 5.76. The summed E-state index contributed by atoms with van der Waals surface area (Å²) in [7, 11) is 4.02. The molecule has 31 heavy (non-hydrogen) atoms. The van der Waals surface area contributed by atoms with Crippen LogP contribution in [0.3, 0.4) is 0 Å². The van der Waals surface area contributed by atoms with Gasteiger partial charge in [-0.3, -0.25) is 4.79 Å². The van der Waals surface area contributed by atoms with Crippen LogP contribution in [0.1, 0.15) is 31.7 Å². The van der Waals surface area contributed by atoms with E-state index in [2.05, 4.69) is 39.3 Å². The number of benzene rings is 2. The monoisotopic (exact) mass is 422 g/mol. The first-order valence-electron chi connectivity index (χ1n) is 10.6. The van der Waals surface area contributed by atoms with E-state index >= 15 is 0 Å². The third-order valence-corrected chi connectivity index (χ3v) is 5.00. The molecule has 0 unspecified atom stereocenters. The SMILES string of the molecule is CCOc1ccc(-c2noc(CCC(=O)N(CC)Cc3ccc(N(C)C)cc3)n2)cc1. The first-order valence-corrected chi connectivity index (χ1v) is 10.6. The van der Waals surface area contributed by atoms with Crippen LogP contribution < -0.4 is 9.64 Å². The highest BCUT2D eigenvalue weighted by Crippen LogP contribution is 2.20. The second-order valence-electron chi connectivity index (χ2n) is 7.44. The third kappa shape index (κ3) is 6.07. The molecule has 0 fully saturated rings. The van der Waals surface area contributed by atoms with Crippen LogP contribution in [0.25, 0.3) is 11.4 Å².